The molecule has 0 spiro atoms. The molecule has 3 heterocycles. The van der Waals surface area contributed by atoms with Crippen molar-refractivity contribution in [1.82, 2.24) is 9.97 Å². The van der Waals surface area contributed by atoms with Crippen molar-refractivity contribution in [2.75, 3.05) is 13.2 Å². The molecule has 1 saturated heterocycles. The molecule has 1 aromatic carbocycles. The molecule has 2 fully saturated rings. The molecule has 5 rings (SSSR count). The molecule has 3 aromatic rings. The summed E-state index contributed by atoms with van der Waals surface area (Å²) in [7, 11) is 0. The molecule has 0 unspecified atom stereocenters. The van der Waals surface area contributed by atoms with Crippen LogP contribution in [-0.2, 0) is 16.8 Å². The highest BCUT2D eigenvalue weighted by atomic mass is 19.1. The largest absolute Gasteiger partial charge is 0.391 e. The van der Waals surface area contributed by atoms with E-state index >= 15 is 8.78 Å². The van der Waals surface area contributed by atoms with Crippen molar-refractivity contribution in [2.24, 2.45) is 11.7 Å². The van der Waals surface area contributed by atoms with Crippen LogP contribution in [0.3, 0.4) is 0 Å². The van der Waals surface area contributed by atoms with E-state index in [2.05, 4.69) is 9.97 Å². The van der Waals surface area contributed by atoms with E-state index in [1.54, 1.807) is 12.4 Å². The van der Waals surface area contributed by atoms with Gasteiger partial charge in [0.2, 0.25) is 0 Å². The summed E-state index contributed by atoms with van der Waals surface area (Å²) in [6.07, 6.45) is 4.09. The van der Waals surface area contributed by atoms with E-state index < -0.39 is 52.2 Å². The quantitative estimate of drug-likeness (QED) is 0.391. The fourth-order valence-electron chi connectivity index (χ4n) is 5.91. The lowest BCUT2D eigenvalue weighted by molar-refractivity contribution is -0.0682. The maximum atomic E-state index is 15.2. The number of pyridine rings is 2. The molecule has 0 amide bonds. The Morgan fingerprint density at radius 1 is 1.10 bits per heavy atom. The minimum atomic E-state index is -1.46. The van der Waals surface area contributed by atoms with Crippen LogP contribution < -0.4 is 5.73 Å². The van der Waals surface area contributed by atoms with Crippen LogP contribution in [0.5, 0.6) is 0 Å². The number of benzene rings is 1. The molecule has 1 aliphatic heterocycles. The number of hydrogen-bond donors (Lipinski definition) is 3. The van der Waals surface area contributed by atoms with Crippen molar-refractivity contribution in [1.29, 1.82) is 0 Å². The SMILES string of the molecule is C[C@H]1C[C@@H](c2ccncc2CC(=O)c2ccc(F)c(-c3c(F)cc(C4(O)CCOCC4)cc3F)n2)C[C@@H](N)[C@@H]1O. The Balaban J connectivity index is 1.42. The van der Waals surface area contributed by atoms with Crippen LogP contribution in [0.15, 0.2) is 42.7 Å². The van der Waals surface area contributed by atoms with Gasteiger partial charge in [0.1, 0.15) is 28.8 Å². The molecule has 2 aromatic heterocycles. The van der Waals surface area contributed by atoms with Gasteiger partial charge in [0.25, 0.3) is 0 Å². The first-order valence-electron chi connectivity index (χ1n) is 13.4. The fourth-order valence-corrected chi connectivity index (χ4v) is 5.91. The van der Waals surface area contributed by atoms with Gasteiger partial charge in [-0.25, -0.2) is 18.2 Å². The van der Waals surface area contributed by atoms with Crippen LogP contribution in [0.2, 0.25) is 0 Å². The van der Waals surface area contributed by atoms with E-state index in [-0.39, 0.29) is 55.6 Å². The van der Waals surface area contributed by atoms with Crippen LogP contribution in [0, 0.1) is 23.4 Å². The molecule has 4 atom stereocenters. The molecule has 2 aliphatic rings. The van der Waals surface area contributed by atoms with Crippen LogP contribution in [-0.4, -0.2) is 51.3 Å². The van der Waals surface area contributed by atoms with Crippen molar-refractivity contribution in [2.45, 2.75) is 62.7 Å². The van der Waals surface area contributed by atoms with Crippen LogP contribution in [0.4, 0.5) is 13.2 Å². The van der Waals surface area contributed by atoms with Crippen LogP contribution >= 0.6 is 0 Å². The van der Waals surface area contributed by atoms with E-state index in [1.165, 1.54) is 6.07 Å². The molecular formula is C30H32F3N3O4. The number of hydrogen-bond acceptors (Lipinski definition) is 7. The van der Waals surface area contributed by atoms with E-state index in [4.69, 9.17) is 10.5 Å². The van der Waals surface area contributed by atoms with E-state index in [0.29, 0.717) is 18.4 Å². The Labute approximate surface area is 230 Å². The molecule has 0 bridgehead atoms. The minimum absolute atomic E-state index is 0.0168. The van der Waals surface area contributed by atoms with Gasteiger partial charge in [-0.2, -0.15) is 0 Å². The number of ketones is 1. The van der Waals surface area contributed by atoms with Gasteiger partial charge < -0.3 is 20.7 Å². The van der Waals surface area contributed by atoms with Gasteiger partial charge in [-0.1, -0.05) is 6.92 Å². The number of nitrogens with two attached hydrogens (primary N) is 1. The Morgan fingerprint density at radius 3 is 2.48 bits per heavy atom. The molecule has 1 saturated carbocycles. The maximum Gasteiger partial charge on any atom is 0.185 e. The summed E-state index contributed by atoms with van der Waals surface area (Å²) in [5, 5.41) is 21.1. The summed E-state index contributed by atoms with van der Waals surface area (Å²) >= 11 is 0. The lowest BCUT2D eigenvalue weighted by Crippen LogP contribution is -2.44. The highest BCUT2D eigenvalue weighted by Crippen LogP contribution is 2.38. The monoisotopic (exact) mass is 555 g/mol. The number of halogens is 3. The van der Waals surface area contributed by atoms with Crippen molar-refractivity contribution in [3.05, 3.63) is 82.6 Å². The second-order valence-electron chi connectivity index (χ2n) is 11.0. The summed E-state index contributed by atoms with van der Waals surface area (Å²) in [5.41, 5.74) is 4.78. The zero-order valence-electron chi connectivity index (χ0n) is 22.1. The first kappa shape index (κ1) is 28.4. The topological polar surface area (TPSA) is 119 Å². The molecular weight excluding hydrogens is 523 g/mol. The van der Waals surface area contributed by atoms with Gasteiger partial charge in [-0.3, -0.25) is 9.78 Å². The highest BCUT2D eigenvalue weighted by molar-refractivity contribution is 5.96. The number of nitrogens with zero attached hydrogens (tertiary/aromatic N) is 2. The Bertz CT molecular complexity index is 1380. The van der Waals surface area contributed by atoms with Gasteiger partial charge in [-0.05, 0) is 71.7 Å². The van der Waals surface area contributed by atoms with Crippen molar-refractivity contribution in [3.63, 3.8) is 0 Å². The molecule has 1 aliphatic carbocycles. The van der Waals surface area contributed by atoms with Crippen molar-refractivity contribution in [3.8, 4) is 11.3 Å². The third kappa shape index (κ3) is 5.54. The average Bonchev–Trinajstić information content (AvgIpc) is 2.92. The maximum absolute atomic E-state index is 15.2. The number of Topliss-reactive ketones (excluding diaryl/α,β-unsaturated/α-hetero) is 1. The first-order chi connectivity index (χ1) is 19.1. The molecule has 212 valence electrons. The second-order valence-corrected chi connectivity index (χ2v) is 11.0. The Hall–Kier alpha value is -3.18. The predicted octanol–water partition coefficient (Wildman–Crippen LogP) is 4.19. The van der Waals surface area contributed by atoms with E-state index in [9.17, 15) is 19.4 Å². The minimum Gasteiger partial charge on any atom is -0.391 e. The molecule has 10 heteroatoms. The smallest absolute Gasteiger partial charge is 0.185 e. The predicted molar refractivity (Wildman–Crippen MR) is 141 cm³/mol. The molecule has 7 nitrogen and oxygen atoms in total. The zero-order chi connectivity index (χ0) is 28.6. The molecule has 40 heavy (non-hydrogen) atoms. The van der Waals surface area contributed by atoms with Gasteiger partial charge in [0, 0.05) is 50.9 Å². The number of carbonyl (C=O) groups is 1. The Morgan fingerprint density at radius 2 is 1.80 bits per heavy atom. The normalized spacial score (nSPS) is 24.6. The summed E-state index contributed by atoms with van der Waals surface area (Å²) in [5.74, 6) is -3.65. The number of aliphatic hydroxyl groups excluding tert-OH is 1. The standard InChI is InChI=1S/C30H32F3N3O4/c1-16-10-17(11-24(34)29(16)38)20-4-7-35-15-18(20)12-26(37)25-3-2-21(31)28(36-25)27-22(32)13-19(14-23(27)33)30(39)5-8-40-9-6-30/h2-4,7,13-17,24,29,38-39H,5-6,8-12,34H2,1H3/t16-,17+,24+,29+/m0/s1. The summed E-state index contributed by atoms with van der Waals surface area (Å²) in [4.78, 5) is 21.5. The highest BCUT2D eigenvalue weighted by Gasteiger charge is 2.35. The molecule has 4 N–H and O–H groups in total. The van der Waals surface area contributed by atoms with Gasteiger partial charge in [0.15, 0.2) is 5.78 Å². The summed E-state index contributed by atoms with van der Waals surface area (Å²) in [6, 6.07) is 5.53. The third-order valence-corrected chi connectivity index (χ3v) is 8.23. The van der Waals surface area contributed by atoms with Gasteiger partial charge in [-0.15, -0.1) is 0 Å². The zero-order valence-corrected chi connectivity index (χ0v) is 22.1. The Kier molecular flexibility index (Phi) is 8.05. The average molecular weight is 556 g/mol. The van der Waals surface area contributed by atoms with Crippen molar-refractivity contribution >= 4 is 5.78 Å². The number of aromatic nitrogens is 2. The number of ether oxygens (including phenoxy) is 1. The fraction of sp³-hybridized carbons (Fsp3) is 0.433. The third-order valence-electron chi connectivity index (χ3n) is 8.23. The van der Waals surface area contributed by atoms with Crippen LogP contribution in [0.25, 0.3) is 11.3 Å². The van der Waals surface area contributed by atoms with Gasteiger partial charge in [0.05, 0.1) is 17.3 Å². The summed E-state index contributed by atoms with van der Waals surface area (Å²) in [6.45, 7) is 2.42. The second kappa shape index (κ2) is 11.4. The van der Waals surface area contributed by atoms with E-state index in [1.807, 2.05) is 13.0 Å². The lowest BCUT2D eigenvalue weighted by Gasteiger charge is -2.36. The lowest BCUT2D eigenvalue weighted by atomic mass is 9.74. The molecule has 0 radical (unpaired) electrons. The summed E-state index contributed by atoms with van der Waals surface area (Å²) < 4.78 is 50.5. The number of carbonyl (C=O) groups excluding carboxylic acids is 1. The number of aliphatic hydroxyl groups is 2. The van der Waals surface area contributed by atoms with Crippen LogP contribution in [0.1, 0.15) is 65.7 Å². The van der Waals surface area contributed by atoms with Gasteiger partial charge >= 0.3 is 0 Å². The van der Waals surface area contributed by atoms with Crippen molar-refractivity contribution < 1.29 is 32.9 Å². The van der Waals surface area contributed by atoms with E-state index in [0.717, 1.165) is 23.8 Å². The first-order valence-corrected chi connectivity index (χ1v) is 13.4. The number of rotatable bonds is 6.